The molecular weight excluding hydrogens is 244 g/mol. The van der Waals surface area contributed by atoms with E-state index in [0.29, 0.717) is 0 Å². The minimum Gasteiger partial charge on any atom is -0.469 e. The van der Waals surface area contributed by atoms with Crippen LogP contribution in [0, 0.1) is 0 Å². The van der Waals surface area contributed by atoms with Crippen LogP contribution in [0.4, 0.5) is 8.78 Å². The van der Waals surface area contributed by atoms with E-state index in [1.807, 2.05) is 0 Å². The molecule has 0 radical (unpaired) electrons. The molecule has 0 amide bonds. The number of carbonyl (C=O) groups excluding carboxylic acids is 1. The molecule has 0 aromatic carbocycles. The Balaban J connectivity index is 3.10. The summed E-state index contributed by atoms with van der Waals surface area (Å²) in [5, 5.41) is -0.363. The Kier molecular flexibility index (Phi) is 4.00. The second-order valence-electron chi connectivity index (χ2n) is 2.94. The summed E-state index contributed by atoms with van der Waals surface area (Å²) in [7, 11) is 1.18. The van der Waals surface area contributed by atoms with E-state index >= 15 is 0 Å². The van der Waals surface area contributed by atoms with E-state index in [9.17, 15) is 18.4 Å². The van der Waals surface area contributed by atoms with E-state index in [4.69, 9.17) is 11.6 Å². The third-order valence-electron chi connectivity index (χ3n) is 1.86. The van der Waals surface area contributed by atoms with E-state index in [1.165, 1.54) is 7.11 Å². The first-order valence-corrected chi connectivity index (χ1v) is 4.60. The van der Waals surface area contributed by atoms with Gasteiger partial charge in [0.05, 0.1) is 18.6 Å². The summed E-state index contributed by atoms with van der Waals surface area (Å²) in [6.07, 6.45) is -3.18. The average Bonchev–Trinajstić information content (AvgIpc) is 2.15. The number of H-pyrrole nitrogens is 1. The van der Waals surface area contributed by atoms with Crippen LogP contribution in [0.25, 0.3) is 0 Å². The summed E-state index contributed by atoms with van der Waals surface area (Å²) in [5.41, 5.74) is -1.66. The van der Waals surface area contributed by atoms with Crippen LogP contribution in [-0.2, 0) is 16.0 Å². The number of pyridine rings is 1. The molecule has 0 saturated carbocycles. The molecule has 1 aromatic heterocycles. The quantitative estimate of drug-likeness (QED) is 0.832. The van der Waals surface area contributed by atoms with Crippen molar-refractivity contribution in [3.63, 3.8) is 0 Å². The summed E-state index contributed by atoms with van der Waals surface area (Å²) in [6, 6.07) is 1.11. The maximum Gasteiger partial charge on any atom is 0.311 e. The van der Waals surface area contributed by atoms with Crippen molar-refractivity contribution in [2.75, 3.05) is 7.11 Å². The van der Waals surface area contributed by atoms with E-state index < -0.39 is 23.5 Å². The maximum absolute atomic E-state index is 12.4. The highest BCUT2D eigenvalue weighted by Gasteiger charge is 2.18. The predicted molar refractivity (Wildman–Crippen MR) is 52.7 cm³/mol. The van der Waals surface area contributed by atoms with Crippen molar-refractivity contribution in [2.45, 2.75) is 12.8 Å². The normalized spacial score (nSPS) is 10.6. The molecule has 0 aliphatic heterocycles. The van der Waals surface area contributed by atoms with Gasteiger partial charge in [0, 0.05) is 5.69 Å². The molecule has 0 aliphatic carbocycles. The maximum atomic E-state index is 12.4. The molecule has 1 N–H and O–H groups in total. The Morgan fingerprint density at radius 3 is 2.69 bits per heavy atom. The highest BCUT2D eigenvalue weighted by Crippen LogP contribution is 2.23. The smallest absolute Gasteiger partial charge is 0.311 e. The minimum absolute atomic E-state index is 0.131. The molecule has 16 heavy (non-hydrogen) atoms. The lowest BCUT2D eigenvalue weighted by molar-refractivity contribution is -0.139. The predicted octanol–water partition coefficient (Wildman–Crippen LogP) is 1.68. The zero-order valence-corrected chi connectivity index (χ0v) is 8.98. The summed E-state index contributed by atoms with van der Waals surface area (Å²) < 4.78 is 29.1. The topological polar surface area (TPSA) is 59.2 Å². The number of aromatic amines is 1. The van der Waals surface area contributed by atoms with Crippen molar-refractivity contribution in [1.82, 2.24) is 4.98 Å². The van der Waals surface area contributed by atoms with Gasteiger partial charge in [-0.3, -0.25) is 9.59 Å². The van der Waals surface area contributed by atoms with Gasteiger partial charge in [-0.15, -0.1) is 0 Å². The first kappa shape index (κ1) is 12.6. The van der Waals surface area contributed by atoms with Crippen molar-refractivity contribution in [1.29, 1.82) is 0 Å². The fourth-order valence-corrected chi connectivity index (χ4v) is 1.41. The second-order valence-corrected chi connectivity index (χ2v) is 3.35. The van der Waals surface area contributed by atoms with Crippen molar-refractivity contribution in [3.8, 4) is 0 Å². The first-order chi connectivity index (χ1) is 7.45. The lowest BCUT2D eigenvalue weighted by Crippen LogP contribution is -2.17. The van der Waals surface area contributed by atoms with Gasteiger partial charge in [-0.2, -0.15) is 0 Å². The van der Waals surface area contributed by atoms with Crippen LogP contribution in [0.1, 0.15) is 17.7 Å². The Morgan fingerprint density at radius 1 is 1.62 bits per heavy atom. The number of alkyl halides is 2. The van der Waals surface area contributed by atoms with Crippen LogP contribution < -0.4 is 5.56 Å². The van der Waals surface area contributed by atoms with Crippen LogP contribution in [0.3, 0.4) is 0 Å². The Labute approximate surface area is 94.2 Å². The van der Waals surface area contributed by atoms with Gasteiger partial charge >= 0.3 is 5.97 Å². The fraction of sp³-hybridized carbons (Fsp3) is 0.333. The van der Waals surface area contributed by atoms with E-state index in [2.05, 4.69) is 9.72 Å². The van der Waals surface area contributed by atoms with Crippen LogP contribution in [0.2, 0.25) is 5.02 Å². The number of rotatable bonds is 3. The summed E-state index contributed by atoms with van der Waals surface area (Å²) in [6.45, 7) is 0. The monoisotopic (exact) mass is 251 g/mol. The number of carbonyl (C=O) groups is 1. The van der Waals surface area contributed by atoms with Gasteiger partial charge in [0.15, 0.2) is 0 Å². The van der Waals surface area contributed by atoms with Gasteiger partial charge < -0.3 is 9.72 Å². The molecule has 0 atom stereocenters. The number of halogens is 3. The van der Waals surface area contributed by atoms with Gasteiger partial charge in [0.25, 0.3) is 12.0 Å². The molecule has 1 heterocycles. The van der Waals surface area contributed by atoms with Crippen LogP contribution >= 0.6 is 11.6 Å². The molecule has 1 rings (SSSR count). The van der Waals surface area contributed by atoms with E-state index in [1.54, 1.807) is 0 Å². The average molecular weight is 252 g/mol. The number of nitrogens with one attached hydrogen (secondary N) is 1. The summed E-state index contributed by atoms with van der Waals surface area (Å²) in [5.74, 6) is -0.600. The highest BCUT2D eigenvalue weighted by molar-refractivity contribution is 6.31. The van der Waals surface area contributed by atoms with Gasteiger partial charge in [-0.25, -0.2) is 8.78 Å². The van der Waals surface area contributed by atoms with E-state index in [0.717, 1.165) is 6.07 Å². The molecule has 0 spiro atoms. The molecular formula is C9H8ClF2NO3. The summed E-state index contributed by atoms with van der Waals surface area (Å²) >= 11 is 5.50. The lowest BCUT2D eigenvalue weighted by atomic mass is 10.2. The van der Waals surface area contributed by atoms with Crippen molar-refractivity contribution < 1.29 is 18.3 Å². The van der Waals surface area contributed by atoms with Gasteiger partial charge in [0.2, 0.25) is 0 Å². The SMILES string of the molecule is COC(=O)Cc1cc(Cl)c(C(F)F)c(=O)[nH]1. The molecule has 1 aromatic rings. The molecule has 0 unspecified atom stereocenters. The Morgan fingerprint density at radius 2 is 2.25 bits per heavy atom. The Bertz CT molecular complexity index is 459. The van der Waals surface area contributed by atoms with Crippen LogP contribution in [0.15, 0.2) is 10.9 Å². The van der Waals surface area contributed by atoms with Gasteiger partial charge in [-0.1, -0.05) is 11.6 Å². The zero-order chi connectivity index (χ0) is 12.3. The van der Waals surface area contributed by atoms with E-state index in [-0.39, 0.29) is 17.1 Å². The number of aromatic nitrogens is 1. The van der Waals surface area contributed by atoms with Crippen LogP contribution in [-0.4, -0.2) is 18.1 Å². The molecule has 4 nitrogen and oxygen atoms in total. The third-order valence-corrected chi connectivity index (χ3v) is 2.17. The standard InChI is InChI=1S/C9H8ClF2NO3/c1-16-6(14)3-4-2-5(10)7(8(11)12)9(15)13-4/h2,8H,3H2,1H3,(H,13,15). The zero-order valence-electron chi connectivity index (χ0n) is 8.22. The largest absolute Gasteiger partial charge is 0.469 e. The fourth-order valence-electron chi connectivity index (χ4n) is 1.11. The first-order valence-electron chi connectivity index (χ1n) is 4.22. The number of ether oxygens (including phenoxy) is 1. The summed E-state index contributed by atoms with van der Waals surface area (Å²) in [4.78, 5) is 24.2. The second kappa shape index (κ2) is 5.07. The molecule has 88 valence electrons. The number of methoxy groups -OCH3 is 1. The van der Waals surface area contributed by atoms with Crippen molar-refractivity contribution in [3.05, 3.63) is 32.7 Å². The lowest BCUT2D eigenvalue weighted by Gasteiger charge is -2.05. The third kappa shape index (κ3) is 2.79. The van der Waals surface area contributed by atoms with Crippen LogP contribution in [0.5, 0.6) is 0 Å². The van der Waals surface area contributed by atoms with Gasteiger partial charge in [-0.05, 0) is 6.07 Å². The minimum atomic E-state index is -2.96. The number of hydrogen-bond acceptors (Lipinski definition) is 3. The molecule has 0 saturated heterocycles. The van der Waals surface area contributed by atoms with Crippen molar-refractivity contribution in [2.24, 2.45) is 0 Å². The molecule has 0 fully saturated rings. The van der Waals surface area contributed by atoms with Gasteiger partial charge in [0.1, 0.15) is 5.56 Å². The number of hydrogen-bond donors (Lipinski definition) is 1. The Hall–Kier alpha value is -1.43. The molecule has 0 aliphatic rings. The molecule has 7 heteroatoms. The highest BCUT2D eigenvalue weighted by atomic mass is 35.5. The molecule has 0 bridgehead atoms. The number of esters is 1. The van der Waals surface area contributed by atoms with Crippen molar-refractivity contribution >= 4 is 17.6 Å².